The van der Waals surface area contributed by atoms with Gasteiger partial charge in [0.25, 0.3) is 0 Å². The molecule has 184 valence electrons. The van der Waals surface area contributed by atoms with Crippen molar-refractivity contribution in [3.05, 3.63) is 0 Å². The van der Waals surface area contributed by atoms with Gasteiger partial charge in [0, 0.05) is 25.6 Å². The third-order valence-corrected chi connectivity index (χ3v) is 11.0. The molecule has 4 N–H and O–H groups in total. The molecule has 10 atom stereocenters. The second-order valence-electron chi connectivity index (χ2n) is 12.3. The molecule has 0 bridgehead atoms. The van der Waals surface area contributed by atoms with Crippen LogP contribution >= 0.6 is 0 Å². The topological polar surface area (TPSA) is 84.6 Å². The van der Waals surface area contributed by atoms with E-state index in [0.29, 0.717) is 48.1 Å². The van der Waals surface area contributed by atoms with Crippen LogP contribution in [-0.2, 0) is 9.53 Å². The molecule has 0 aliphatic heterocycles. The number of aliphatic hydroxyl groups excluding tert-OH is 1. The van der Waals surface area contributed by atoms with E-state index in [1.54, 1.807) is 0 Å². The SMILES string of the molecule is COC(=O)CC[C@H](C)[C@H]1CCC2C3C[C@@H](O)[C@H]4C[C@@H](NCCN)CC[C@]4(C)C3CC[C@@]21C. The Morgan fingerprint density at radius 1 is 1.09 bits per heavy atom. The molecule has 0 spiro atoms. The van der Waals surface area contributed by atoms with Gasteiger partial charge in [-0.1, -0.05) is 20.8 Å². The highest BCUT2D eigenvalue weighted by Gasteiger charge is 2.62. The van der Waals surface area contributed by atoms with E-state index in [0.717, 1.165) is 37.6 Å². The van der Waals surface area contributed by atoms with Gasteiger partial charge in [-0.25, -0.2) is 0 Å². The van der Waals surface area contributed by atoms with Crippen LogP contribution in [0, 0.1) is 46.3 Å². The molecule has 4 rings (SSSR count). The van der Waals surface area contributed by atoms with Gasteiger partial charge in [-0.15, -0.1) is 0 Å². The quantitative estimate of drug-likeness (QED) is 0.510. The van der Waals surface area contributed by atoms with Crippen LogP contribution in [0.2, 0.25) is 0 Å². The first-order valence-corrected chi connectivity index (χ1v) is 13.4. The first-order chi connectivity index (χ1) is 15.2. The van der Waals surface area contributed by atoms with Crippen LogP contribution < -0.4 is 11.1 Å². The maximum Gasteiger partial charge on any atom is 0.305 e. The summed E-state index contributed by atoms with van der Waals surface area (Å²) in [7, 11) is 1.49. The molecule has 4 aliphatic rings. The molecule has 0 heterocycles. The van der Waals surface area contributed by atoms with E-state index in [4.69, 9.17) is 10.5 Å². The maximum atomic E-state index is 11.7. The van der Waals surface area contributed by atoms with E-state index in [1.165, 1.54) is 45.6 Å². The van der Waals surface area contributed by atoms with Crippen molar-refractivity contribution >= 4 is 5.97 Å². The van der Waals surface area contributed by atoms with Crippen molar-refractivity contribution in [2.75, 3.05) is 20.2 Å². The Morgan fingerprint density at radius 2 is 1.81 bits per heavy atom. The summed E-state index contributed by atoms with van der Waals surface area (Å²) >= 11 is 0. The van der Waals surface area contributed by atoms with Crippen LogP contribution in [0.4, 0.5) is 0 Å². The highest BCUT2D eigenvalue weighted by atomic mass is 16.5. The molecule has 0 amide bonds. The number of aliphatic hydroxyl groups is 1. The summed E-state index contributed by atoms with van der Waals surface area (Å²) in [6.07, 6.45) is 11.1. The van der Waals surface area contributed by atoms with Crippen molar-refractivity contribution in [2.45, 2.75) is 97.1 Å². The molecule has 0 saturated heterocycles. The fraction of sp³-hybridized carbons (Fsp3) is 0.963. The number of ether oxygens (including phenoxy) is 1. The van der Waals surface area contributed by atoms with Gasteiger partial charge in [0.2, 0.25) is 0 Å². The molecular weight excluding hydrogens is 400 g/mol. The minimum Gasteiger partial charge on any atom is -0.469 e. The van der Waals surface area contributed by atoms with Gasteiger partial charge in [0.1, 0.15) is 0 Å². The molecule has 32 heavy (non-hydrogen) atoms. The molecule has 0 aromatic carbocycles. The third-order valence-electron chi connectivity index (χ3n) is 11.0. The Bertz CT molecular complexity index is 671. The van der Waals surface area contributed by atoms with Gasteiger partial charge in [0.05, 0.1) is 13.2 Å². The molecule has 0 aromatic heterocycles. The Balaban J connectivity index is 1.47. The highest BCUT2D eigenvalue weighted by Crippen LogP contribution is 2.68. The van der Waals surface area contributed by atoms with E-state index in [-0.39, 0.29) is 17.5 Å². The van der Waals surface area contributed by atoms with E-state index in [2.05, 4.69) is 26.1 Å². The lowest BCUT2D eigenvalue weighted by atomic mass is 9.43. The van der Waals surface area contributed by atoms with Crippen molar-refractivity contribution in [2.24, 2.45) is 52.1 Å². The average molecular weight is 449 g/mol. The fourth-order valence-corrected chi connectivity index (χ4v) is 9.40. The predicted molar refractivity (Wildman–Crippen MR) is 128 cm³/mol. The van der Waals surface area contributed by atoms with Crippen molar-refractivity contribution in [3.63, 3.8) is 0 Å². The number of hydrogen-bond donors (Lipinski definition) is 3. The molecule has 0 aromatic rings. The van der Waals surface area contributed by atoms with Crippen LogP contribution in [0.3, 0.4) is 0 Å². The number of hydrogen-bond acceptors (Lipinski definition) is 5. The normalized spacial score (nSPS) is 46.6. The summed E-state index contributed by atoms with van der Waals surface area (Å²) < 4.78 is 4.89. The minimum absolute atomic E-state index is 0.0776. The zero-order chi connectivity index (χ0) is 23.1. The maximum absolute atomic E-state index is 11.7. The summed E-state index contributed by atoms with van der Waals surface area (Å²) in [5, 5.41) is 15.0. The van der Waals surface area contributed by atoms with Crippen LogP contribution in [-0.4, -0.2) is 43.4 Å². The molecule has 3 unspecified atom stereocenters. The van der Waals surface area contributed by atoms with Gasteiger partial charge in [-0.05, 0) is 104 Å². The second kappa shape index (κ2) is 9.54. The molecule has 5 nitrogen and oxygen atoms in total. The number of esters is 1. The lowest BCUT2D eigenvalue weighted by Crippen LogP contribution is -2.59. The molecule has 4 aliphatic carbocycles. The Hall–Kier alpha value is -0.650. The average Bonchev–Trinajstić information content (AvgIpc) is 3.13. The second-order valence-corrected chi connectivity index (χ2v) is 12.3. The third kappa shape index (κ3) is 4.15. The zero-order valence-corrected chi connectivity index (χ0v) is 20.9. The van der Waals surface area contributed by atoms with E-state index >= 15 is 0 Å². The number of fused-ring (bicyclic) bond motifs is 5. The fourth-order valence-electron chi connectivity index (χ4n) is 9.40. The number of nitrogens with two attached hydrogens (primary N) is 1. The summed E-state index contributed by atoms with van der Waals surface area (Å²) in [6, 6.07) is 0.517. The Labute approximate surface area is 195 Å². The van der Waals surface area contributed by atoms with Gasteiger partial charge < -0.3 is 20.9 Å². The van der Waals surface area contributed by atoms with Crippen LogP contribution in [0.25, 0.3) is 0 Å². The number of rotatable bonds is 7. The monoisotopic (exact) mass is 448 g/mol. The van der Waals surface area contributed by atoms with Gasteiger partial charge in [-0.3, -0.25) is 4.79 Å². The van der Waals surface area contributed by atoms with Crippen LogP contribution in [0.5, 0.6) is 0 Å². The Morgan fingerprint density at radius 3 is 2.53 bits per heavy atom. The summed E-state index contributed by atoms with van der Waals surface area (Å²) in [5.74, 6) is 3.75. The van der Waals surface area contributed by atoms with Crippen LogP contribution in [0.1, 0.15) is 85.0 Å². The lowest BCUT2D eigenvalue weighted by Gasteiger charge is -2.62. The molecular formula is C27H48N2O3. The molecule has 5 heteroatoms. The van der Waals surface area contributed by atoms with Crippen molar-refractivity contribution in [3.8, 4) is 0 Å². The number of carbonyl (C=O) groups excluding carboxylic acids is 1. The van der Waals surface area contributed by atoms with Gasteiger partial charge in [0.15, 0.2) is 0 Å². The minimum atomic E-state index is -0.165. The van der Waals surface area contributed by atoms with Gasteiger partial charge >= 0.3 is 5.97 Å². The van der Waals surface area contributed by atoms with Crippen LogP contribution in [0.15, 0.2) is 0 Å². The summed E-state index contributed by atoms with van der Waals surface area (Å²) in [5.41, 5.74) is 6.36. The number of methoxy groups -OCH3 is 1. The number of carbonyl (C=O) groups is 1. The molecule has 0 radical (unpaired) electrons. The highest BCUT2D eigenvalue weighted by molar-refractivity contribution is 5.69. The lowest BCUT2D eigenvalue weighted by molar-refractivity contribution is -0.162. The predicted octanol–water partition coefficient (Wildman–Crippen LogP) is 4.12. The molecule has 4 fully saturated rings. The van der Waals surface area contributed by atoms with E-state index in [9.17, 15) is 9.90 Å². The standard InChI is InChI=1S/C27H48N2O3/c1-17(5-8-25(31)32-4)20-6-7-21-19-16-24(30)23-15-18(29-14-13-28)9-11-27(23,3)22(19)10-12-26(20,21)2/h17-24,29-30H,5-16,28H2,1-4H3/t17-,18-,19?,20+,21?,22?,23+,24+,26+,27+/m0/s1. The van der Waals surface area contributed by atoms with Crippen molar-refractivity contribution in [1.82, 2.24) is 5.32 Å². The van der Waals surface area contributed by atoms with Gasteiger partial charge in [-0.2, -0.15) is 0 Å². The molecule has 4 saturated carbocycles. The Kier molecular flexibility index (Phi) is 7.30. The smallest absolute Gasteiger partial charge is 0.305 e. The largest absolute Gasteiger partial charge is 0.469 e. The van der Waals surface area contributed by atoms with Crippen molar-refractivity contribution < 1.29 is 14.6 Å². The van der Waals surface area contributed by atoms with E-state index in [1.807, 2.05) is 0 Å². The first kappa shape index (κ1) is 24.5. The van der Waals surface area contributed by atoms with Crippen molar-refractivity contribution in [1.29, 1.82) is 0 Å². The number of nitrogens with one attached hydrogen (secondary N) is 1. The zero-order valence-electron chi connectivity index (χ0n) is 20.9. The first-order valence-electron chi connectivity index (χ1n) is 13.4. The van der Waals surface area contributed by atoms with E-state index < -0.39 is 0 Å². The summed E-state index contributed by atoms with van der Waals surface area (Å²) in [4.78, 5) is 11.7. The summed E-state index contributed by atoms with van der Waals surface area (Å²) in [6.45, 7) is 8.99.